The van der Waals surface area contributed by atoms with Crippen LogP contribution in [0, 0.1) is 24.1 Å². The lowest BCUT2D eigenvalue weighted by atomic mass is 10.1. The van der Waals surface area contributed by atoms with Crippen LogP contribution in [0.1, 0.15) is 22.9 Å². The Morgan fingerprint density at radius 2 is 2.05 bits per heavy atom. The van der Waals surface area contributed by atoms with Gasteiger partial charge >= 0.3 is 0 Å². The first-order valence-electron chi connectivity index (χ1n) is 6.11. The van der Waals surface area contributed by atoms with Crippen LogP contribution in [0.5, 0.6) is 0 Å². The molecule has 0 radical (unpaired) electrons. The molecule has 0 bridgehead atoms. The highest BCUT2D eigenvalue weighted by Crippen LogP contribution is 2.21. The molecule has 0 aliphatic heterocycles. The van der Waals surface area contributed by atoms with Crippen molar-refractivity contribution >= 4 is 0 Å². The third-order valence-corrected chi connectivity index (χ3v) is 2.95. The summed E-state index contributed by atoms with van der Waals surface area (Å²) in [4.78, 5) is 4.11. The minimum atomic E-state index is -0.431. The van der Waals surface area contributed by atoms with Crippen molar-refractivity contribution in [1.29, 1.82) is 5.26 Å². The normalized spacial score (nSPS) is 10.5. The maximum atomic E-state index is 13.6. The van der Waals surface area contributed by atoms with Crippen LogP contribution >= 0.6 is 0 Å². The molecule has 6 nitrogen and oxygen atoms in total. The van der Waals surface area contributed by atoms with Crippen LogP contribution in [0.15, 0.2) is 33.3 Å². The maximum Gasteiger partial charge on any atom is 0.233 e. The Morgan fingerprint density at radius 1 is 1.24 bits per heavy atom. The molecular weight excluding hydrogens is 275 g/mol. The fourth-order valence-corrected chi connectivity index (χ4v) is 1.90. The topological polar surface area (TPSA) is 88.7 Å². The van der Waals surface area contributed by atoms with Gasteiger partial charge in [0, 0.05) is 0 Å². The summed E-state index contributed by atoms with van der Waals surface area (Å²) in [7, 11) is 0. The molecular formula is C14H9FN4O2. The van der Waals surface area contributed by atoms with Crippen molar-refractivity contribution in [2.45, 2.75) is 13.3 Å². The molecule has 0 unspecified atom stereocenters. The Hall–Kier alpha value is -3.01. The minimum absolute atomic E-state index is 0.154. The van der Waals surface area contributed by atoms with E-state index in [1.54, 1.807) is 25.1 Å². The molecule has 0 aliphatic rings. The van der Waals surface area contributed by atoms with Crippen LogP contribution in [0.4, 0.5) is 4.39 Å². The number of hydrogen-bond donors (Lipinski definition) is 0. The Morgan fingerprint density at radius 3 is 2.81 bits per heavy atom. The second kappa shape index (κ2) is 5.17. The van der Waals surface area contributed by atoms with Gasteiger partial charge in [-0.2, -0.15) is 10.2 Å². The van der Waals surface area contributed by atoms with Gasteiger partial charge in [0.2, 0.25) is 11.7 Å². The molecule has 0 saturated heterocycles. The van der Waals surface area contributed by atoms with E-state index in [2.05, 4.69) is 15.3 Å². The number of nitriles is 1. The summed E-state index contributed by atoms with van der Waals surface area (Å²) in [6, 6.07) is 8.15. The fourth-order valence-electron chi connectivity index (χ4n) is 1.90. The Bertz CT molecular complexity index is 832. The number of benzene rings is 1. The Labute approximate surface area is 118 Å². The highest BCUT2D eigenvalue weighted by molar-refractivity contribution is 5.54. The van der Waals surface area contributed by atoms with Gasteiger partial charge in [-0.25, -0.2) is 4.39 Å². The van der Waals surface area contributed by atoms with Crippen molar-refractivity contribution in [1.82, 2.24) is 15.3 Å². The zero-order chi connectivity index (χ0) is 14.8. The molecule has 0 fully saturated rings. The molecule has 1 aromatic carbocycles. The van der Waals surface area contributed by atoms with Gasteiger partial charge in [-0.15, -0.1) is 0 Å². The molecule has 104 valence electrons. The van der Waals surface area contributed by atoms with Gasteiger partial charge in [0.1, 0.15) is 23.1 Å². The van der Waals surface area contributed by atoms with Crippen LogP contribution in [0.25, 0.3) is 11.4 Å². The first-order chi connectivity index (χ1) is 10.2. The van der Waals surface area contributed by atoms with E-state index in [1.807, 2.05) is 6.07 Å². The van der Waals surface area contributed by atoms with E-state index in [9.17, 15) is 4.39 Å². The molecule has 7 heteroatoms. The molecule has 3 rings (SSSR count). The summed E-state index contributed by atoms with van der Waals surface area (Å²) in [6.07, 6.45) is 0.154. The third kappa shape index (κ3) is 2.39. The van der Waals surface area contributed by atoms with Crippen molar-refractivity contribution in [3.63, 3.8) is 0 Å². The second-order valence-electron chi connectivity index (χ2n) is 4.34. The second-order valence-corrected chi connectivity index (χ2v) is 4.34. The molecule has 3 aromatic rings. The van der Waals surface area contributed by atoms with Gasteiger partial charge in [-0.3, -0.25) is 0 Å². The fraction of sp³-hybridized carbons (Fsp3) is 0.143. The van der Waals surface area contributed by atoms with E-state index < -0.39 is 5.82 Å². The van der Waals surface area contributed by atoms with Gasteiger partial charge in [0.25, 0.3) is 0 Å². The summed E-state index contributed by atoms with van der Waals surface area (Å²) >= 11 is 0. The smallest absolute Gasteiger partial charge is 0.233 e. The van der Waals surface area contributed by atoms with E-state index in [4.69, 9.17) is 14.3 Å². The lowest BCUT2D eigenvalue weighted by Crippen LogP contribution is -1.92. The SMILES string of the molecule is Cc1onc(Cc2nc(-c3ccccc3F)no2)c1C#N. The molecule has 0 saturated carbocycles. The molecule has 0 spiro atoms. The zero-order valence-corrected chi connectivity index (χ0v) is 11.0. The number of aromatic nitrogens is 3. The lowest BCUT2D eigenvalue weighted by Gasteiger charge is -1.94. The van der Waals surface area contributed by atoms with Gasteiger partial charge in [0.05, 0.1) is 12.0 Å². The van der Waals surface area contributed by atoms with Crippen LogP contribution in [-0.4, -0.2) is 15.3 Å². The lowest BCUT2D eigenvalue weighted by molar-refractivity contribution is 0.371. The van der Waals surface area contributed by atoms with E-state index in [0.29, 0.717) is 17.0 Å². The average Bonchev–Trinajstić information content (AvgIpc) is 3.07. The summed E-state index contributed by atoms with van der Waals surface area (Å²) in [5.41, 5.74) is 1.02. The summed E-state index contributed by atoms with van der Waals surface area (Å²) in [5.74, 6) is 0.390. The van der Waals surface area contributed by atoms with Gasteiger partial charge < -0.3 is 9.05 Å². The molecule has 2 aromatic heterocycles. The van der Waals surface area contributed by atoms with E-state index in [1.165, 1.54) is 6.07 Å². The van der Waals surface area contributed by atoms with Gasteiger partial charge in [-0.05, 0) is 19.1 Å². The molecule has 0 amide bonds. The summed E-state index contributed by atoms with van der Waals surface area (Å²) in [5, 5.41) is 16.5. The largest absolute Gasteiger partial charge is 0.360 e. The highest BCUT2D eigenvalue weighted by Gasteiger charge is 2.17. The quantitative estimate of drug-likeness (QED) is 0.734. The van der Waals surface area contributed by atoms with E-state index >= 15 is 0 Å². The number of rotatable bonds is 3. The average molecular weight is 284 g/mol. The summed E-state index contributed by atoms with van der Waals surface area (Å²) in [6.45, 7) is 1.65. The third-order valence-electron chi connectivity index (χ3n) is 2.95. The summed E-state index contributed by atoms with van der Waals surface area (Å²) < 4.78 is 23.7. The van der Waals surface area contributed by atoms with Gasteiger partial charge in [-0.1, -0.05) is 22.4 Å². The van der Waals surface area contributed by atoms with Crippen LogP contribution in [0.2, 0.25) is 0 Å². The number of hydrogen-bond acceptors (Lipinski definition) is 6. The van der Waals surface area contributed by atoms with E-state index in [0.717, 1.165) is 0 Å². The molecule has 0 aliphatic carbocycles. The van der Waals surface area contributed by atoms with Gasteiger partial charge in [0.15, 0.2) is 5.76 Å². The standard InChI is InChI=1S/C14H9FN4O2/c1-8-10(7-16)12(18-20-8)6-13-17-14(19-21-13)9-4-2-3-5-11(9)15/h2-5H,6H2,1H3. The van der Waals surface area contributed by atoms with Crippen molar-refractivity contribution in [2.24, 2.45) is 0 Å². The van der Waals surface area contributed by atoms with Crippen LogP contribution in [0.3, 0.4) is 0 Å². The van der Waals surface area contributed by atoms with Crippen molar-refractivity contribution in [3.05, 3.63) is 53.0 Å². The Balaban J connectivity index is 1.89. The molecule has 0 N–H and O–H groups in total. The predicted octanol–water partition coefficient (Wildman–Crippen LogP) is 2.63. The zero-order valence-electron chi connectivity index (χ0n) is 11.0. The first kappa shape index (κ1) is 13.0. The molecule has 21 heavy (non-hydrogen) atoms. The van der Waals surface area contributed by atoms with Crippen LogP contribution in [-0.2, 0) is 6.42 Å². The number of nitrogens with zero attached hydrogens (tertiary/aromatic N) is 4. The van der Waals surface area contributed by atoms with E-state index in [-0.39, 0.29) is 23.7 Å². The predicted molar refractivity (Wildman–Crippen MR) is 68.5 cm³/mol. The minimum Gasteiger partial charge on any atom is -0.360 e. The number of aryl methyl sites for hydroxylation is 1. The van der Waals surface area contributed by atoms with Crippen molar-refractivity contribution in [2.75, 3.05) is 0 Å². The monoisotopic (exact) mass is 284 g/mol. The van der Waals surface area contributed by atoms with Crippen LogP contribution < -0.4 is 0 Å². The Kier molecular flexibility index (Phi) is 3.20. The molecule has 2 heterocycles. The maximum absolute atomic E-state index is 13.6. The van der Waals surface area contributed by atoms with Crippen molar-refractivity contribution < 1.29 is 13.4 Å². The highest BCUT2D eigenvalue weighted by atomic mass is 19.1. The van der Waals surface area contributed by atoms with Crippen molar-refractivity contribution in [3.8, 4) is 17.5 Å². The number of halogens is 1. The molecule has 0 atom stereocenters. The first-order valence-corrected chi connectivity index (χ1v) is 6.11.